The molecule has 27 heavy (non-hydrogen) atoms. The highest BCUT2D eigenvalue weighted by molar-refractivity contribution is 5.88. The number of nitrogens with zero attached hydrogens (tertiary/aromatic N) is 1. The molecule has 1 nitrogen and oxygen atoms in total. The molecule has 0 bridgehead atoms. The van der Waals surface area contributed by atoms with Gasteiger partial charge in [-0.1, -0.05) is 82.3 Å². The lowest BCUT2D eigenvalue weighted by Crippen LogP contribution is -2.03. The lowest BCUT2D eigenvalue weighted by molar-refractivity contribution is 0.865. The van der Waals surface area contributed by atoms with Gasteiger partial charge in [-0.15, -0.1) is 0 Å². The second-order valence-electron chi connectivity index (χ2n) is 8.12. The Kier molecular flexibility index (Phi) is 4.70. The first kappa shape index (κ1) is 17.7. The predicted octanol–water partition coefficient (Wildman–Crippen LogP) is 6.98. The number of rotatable bonds is 4. The Labute approximate surface area is 163 Å². The van der Waals surface area contributed by atoms with E-state index < -0.39 is 0 Å². The number of para-hydroxylation sites is 1. The Morgan fingerprint density at radius 3 is 1.81 bits per heavy atom. The SMILES string of the molecule is CC(C)c1ccc(C2C=[N+](c3ccc(C(C)C)cc3)c3ccccc32)cc1. The van der Waals surface area contributed by atoms with Gasteiger partial charge in [-0.25, -0.2) is 0 Å². The van der Waals surface area contributed by atoms with E-state index in [0.717, 1.165) is 0 Å². The summed E-state index contributed by atoms with van der Waals surface area (Å²) in [5, 5.41) is 0. The highest BCUT2D eigenvalue weighted by Gasteiger charge is 2.32. The van der Waals surface area contributed by atoms with Crippen molar-refractivity contribution in [1.82, 2.24) is 4.58 Å². The topological polar surface area (TPSA) is 3.01 Å². The molecule has 0 saturated heterocycles. The average molecular weight is 355 g/mol. The van der Waals surface area contributed by atoms with Crippen molar-refractivity contribution in [1.29, 1.82) is 0 Å². The zero-order valence-electron chi connectivity index (χ0n) is 16.7. The molecule has 0 fully saturated rings. The molecule has 1 aliphatic rings. The molecular weight excluding hydrogens is 326 g/mol. The van der Waals surface area contributed by atoms with Crippen molar-refractivity contribution in [2.45, 2.75) is 45.4 Å². The highest BCUT2D eigenvalue weighted by Crippen LogP contribution is 2.38. The van der Waals surface area contributed by atoms with Crippen LogP contribution >= 0.6 is 0 Å². The molecule has 3 aromatic carbocycles. The van der Waals surface area contributed by atoms with E-state index in [1.165, 1.54) is 33.6 Å². The van der Waals surface area contributed by atoms with Crippen LogP contribution < -0.4 is 4.58 Å². The molecule has 136 valence electrons. The molecule has 0 saturated carbocycles. The maximum absolute atomic E-state index is 2.36. The highest BCUT2D eigenvalue weighted by atomic mass is 15.0. The van der Waals surface area contributed by atoms with Crippen molar-refractivity contribution in [3.63, 3.8) is 0 Å². The van der Waals surface area contributed by atoms with E-state index in [0.29, 0.717) is 17.8 Å². The quantitative estimate of drug-likeness (QED) is 0.444. The fourth-order valence-corrected chi connectivity index (χ4v) is 3.88. The summed E-state index contributed by atoms with van der Waals surface area (Å²) in [7, 11) is 0. The molecule has 0 amide bonds. The monoisotopic (exact) mass is 354 g/mol. The molecule has 3 aromatic rings. The lowest BCUT2D eigenvalue weighted by atomic mass is 9.91. The smallest absolute Gasteiger partial charge is 0.163 e. The van der Waals surface area contributed by atoms with Crippen LogP contribution in [0.5, 0.6) is 0 Å². The fraction of sp³-hybridized carbons (Fsp3) is 0.269. The molecule has 0 spiro atoms. The van der Waals surface area contributed by atoms with Crippen LogP contribution in [-0.2, 0) is 0 Å². The van der Waals surface area contributed by atoms with Crippen LogP contribution in [0.1, 0.15) is 67.7 Å². The van der Waals surface area contributed by atoms with Gasteiger partial charge in [0.05, 0.1) is 5.92 Å². The van der Waals surface area contributed by atoms with E-state index in [9.17, 15) is 0 Å². The molecule has 1 heterocycles. The molecule has 1 atom stereocenters. The van der Waals surface area contributed by atoms with Crippen molar-refractivity contribution in [2.75, 3.05) is 0 Å². The number of fused-ring (bicyclic) bond motifs is 1. The van der Waals surface area contributed by atoms with Crippen molar-refractivity contribution in [3.8, 4) is 0 Å². The molecule has 1 aliphatic heterocycles. The van der Waals surface area contributed by atoms with E-state index >= 15 is 0 Å². The van der Waals surface area contributed by atoms with E-state index in [1.807, 2.05) is 0 Å². The van der Waals surface area contributed by atoms with Gasteiger partial charge in [-0.3, -0.25) is 0 Å². The summed E-state index contributed by atoms with van der Waals surface area (Å²) in [6.45, 7) is 8.97. The Morgan fingerprint density at radius 2 is 1.22 bits per heavy atom. The molecular formula is C26H28N+. The second-order valence-corrected chi connectivity index (χ2v) is 8.12. The molecule has 1 unspecified atom stereocenters. The van der Waals surface area contributed by atoms with Crippen LogP contribution in [0.25, 0.3) is 0 Å². The molecule has 1 heteroatoms. The summed E-state index contributed by atoms with van der Waals surface area (Å²) in [6.07, 6.45) is 2.36. The number of hydrogen-bond acceptors (Lipinski definition) is 0. The van der Waals surface area contributed by atoms with Crippen LogP contribution in [0.4, 0.5) is 11.4 Å². The zero-order chi connectivity index (χ0) is 19.0. The van der Waals surface area contributed by atoms with Crippen molar-refractivity contribution < 1.29 is 0 Å². The Balaban J connectivity index is 1.75. The van der Waals surface area contributed by atoms with Gasteiger partial charge in [-0.05, 0) is 28.5 Å². The van der Waals surface area contributed by atoms with Gasteiger partial charge in [0.25, 0.3) is 0 Å². The summed E-state index contributed by atoms with van der Waals surface area (Å²) >= 11 is 0. The molecule has 0 aromatic heterocycles. The summed E-state index contributed by atoms with van der Waals surface area (Å²) < 4.78 is 2.35. The number of hydrogen-bond donors (Lipinski definition) is 0. The summed E-state index contributed by atoms with van der Waals surface area (Å²) in [5.41, 5.74) is 8.02. The summed E-state index contributed by atoms with van der Waals surface area (Å²) in [6, 6.07) is 26.9. The van der Waals surface area contributed by atoms with E-state index in [-0.39, 0.29) is 0 Å². The standard InChI is InChI=1S/C26H28N/c1-18(2)20-9-11-22(12-10-20)25-17-27(26-8-6-5-7-24(25)26)23-15-13-21(14-16-23)19(3)4/h5-19,25H,1-4H3/q+1. The van der Waals surface area contributed by atoms with Gasteiger partial charge in [0, 0.05) is 23.8 Å². The van der Waals surface area contributed by atoms with Crippen LogP contribution in [0, 0.1) is 0 Å². The van der Waals surface area contributed by atoms with E-state index in [2.05, 4.69) is 111 Å². The Morgan fingerprint density at radius 1 is 0.667 bits per heavy atom. The van der Waals surface area contributed by atoms with Crippen molar-refractivity contribution in [3.05, 3.63) is 95.1 Å². The zero-order valence-corrected chi connectivity index (χ0v) is 16.7. The van der Waals surface area contributed by atoms with Crippen molar-refractivity contribution in [2.24, 2.45) is 0 Å². The average Bonchev–Trinajstić information content (AvgIpc) is 3.08. The normalized spacial score (nSPS) is 15.9. The third-order valence-electron chi connectivity index (χ3n) is 5.63. The first-order valence-electron chi connectivity index (χ1n) is 9.97. The lowest BCUT2D eigenvalue weighted by Gasteiger charge is -2.09. The molecule has 0 radical (unpaired) electrons. The minimum Gasteiger partial charge on any atom is -0.163 e. The van der Waals surface area contributed by atoms with Gasteiger partial charge in [-0.2, -0.15) is 4.58 Å². The van der Waals surface area contributed by atoms with Crippen LogP contribution in [0.15, 0.2) is 72.8 Å². The van der Waals surface area contributed by atoms with Gasteiger partial charge in [0.15, 0.2) is 6.21 Å². The maximum Gasteiger partial charge on any atom is 0.215 e. The third kappa shape index (κ3) is 3.35. The van der Waals surface area contributed by atoms with Gasteiger partial charge < -0.3 is 0 Å². The molecule has 4 rings (SSSR count). The molecule has 0 N–H and O–H groups in total. The summed E-state index contributed by atoms with van der Waals surface area (Å²) in [5.74, 6) is 1.42. The molecule has 0 aliphatic carbocycles. The fourth-order valence-electron chi connectivity index (χ4n) is 3.88. The van der Waals surface area contributed by atoms with E-state index in [1.54, 1.807) is 0 Å². The minimum atomic E-state index is 0.298. The second kappa shape index (κ2) is 7.15. The third-order valence-corrected chi connectivity index (χ3v) is 5.63. The maximum atomic E-state index is 2.36. The summed E-state index contributed by atoms with van der Waals surface area (Å²) in [4.78, 5) is 0. The van der Waals surface area contributed by atoms with Gasteiger partial charge in [0.2, 0.25) is 11.4 Å². The van der Waals surface area contributed by atoms with Gasteiger partial charge in [0.1, 0.15) is 0 Å². The first-order valence-corrected chi connectivity index (χ1v) is 9.97. The number of benzene rings is 3. The van der Waals surface area contributed by atoms with Gasteiger partial charge >= 0.3 is 0 Å². The van der Waals surface area contributed by atoms with Crippen LogP contribution in [0.3, 0.4) is 0 Å². The van der Waals surface area contributed by atoms with Crippen molar-refractivity contribution >= 4 is 17.6 Å². The van der Waals surface area contributed by atoms with E-state index in [4.69, 9.17) is 0 Å². The largest absolute Gasteiger partial charge is 0.215 e. The Hall–Kier alpha value is -2.67. The van der Waals surface area contributed by atoms with Crippen LogP contribution in [0.2, 0.25) is 0 Å². The first-order chi connectivity index (χ1) is 13.0. The van der Waals surface area contributed by atoms with Crippen LogP contribution in [-0.4, -0.2) is 6.21 Å². The predicted molar refractivity (Wildman–Crippen MR) is 117 cm³/mol. The minimum absolute atomic E-state index is 0.298. The Bertz CT molecular complexity index is 960.